The molecule has 2 heterocycles. The highest BCUT2D eigenvalue weighted by Crippen LogP contribution is 1.72. The van der Waals surface area contributed by atoms with Crippen LogP contribution in [0.4, 0.5) is 0 Å². The predicted molar refractivity (Wildman–Crippen MR) is 33.0 cm³/mol. The Morgan fingerprint density at radius 2 is 1.30 bits per heavy atom. The maximum absolute atomic E-state index is 4.33. The highest BCUT2D eigenvalue weighted by Gasteiger charge is 1.60. The summed E-state index contributed by atoms with van der Waals surface area (Å²) in [7, 11) is 0. The van der Waals surface area contributed by atoms with Crippen LogP contribution in [-0.2, 0) is 0 Å². The summed E-state index contributed by atoms with van der Waals surface area (Å²) >= 11 is 0. The van der Waals surface area contributed by atoms with Crippen molar-refractivity contribution in [1.82, 2.24) is 10.3 Å². The molecule has 4 nitrogen and oxygen atoms in total. The first-order valence-corrected chi connectivity index (χ1v) is 2.69. The van der Waals surface area contributed by atoms with Crippen molar-refractivity contribution in [3.8, 4) is 0 Å². The first-order valence-electron chi connectivity index (χ1n) is 2.69. The van der Waals surface area contributed by atoms with Gasteiger partial charge in [-0.3, -0.25) is 0 Å². The molecule has 0 amide bonds. The first-order chi connectivity index (χ1) is 5.00. The summed E-state index contributed by atoms with van der Waals surface area (Å²) in [5, 5.41) is 6.69. The Balaban J connectivity index is 0.0000001000. The van der Waals surface area contributed by atoms with Crippen molar-refractivity contribution < 1.29 is 9.05 Å². The monoisotopic (exact) mass is 138 g/mol. The lowest BCUT2D eigenvalue weighted by molar-refractivity contribution is 0.419. The van der Waals surface area contributed by atoms with Gasteiger partial charge in [-0.15, -0.1) is 0 Å². The molecule has 0 saturated heterocycles. The third kappa shape index (κ3) is 2.66. The van der Waals surface area contributed by atoms with Crippen molar-refractivity contribution in [1.29, 1.82) is 0 Å². The Bertz CT molecular complexity index is 153. The van der Waals surface area contributed by atoms with Crippen molar-refractivity contribution in [2.45, 2.75) is 0 Å². The second-order valence-corrected chi connectivity index (χ2v) is 1.38. The SMILES string of the molecule is c1cnoc1.c1cnoc1. The van der Waals surface area contributed by atoms with Crippen LogP contribution in [0.25, 0.3) is 0 Å². The summed E-state index contributed by atoms with van der Waals surface area (Å²) in [4.78, 5) is 0. The van der Waals surface area contributed by atoms with Crippen molar-refractivity contribution in [2.75, 3.05) is 0 Å². The van der Waals surface area contributed by atoms with Gasteiger partial charge in [0.1, 0.15) is 12.5 Å². The van der Waals surface area contributed by atoms with E-state index in [-0.39, 0.29) is 0 Å². The van der Waals surface area contributed by atoms with Crippen LogP contribution in [0.3, 0.4) is 0 Å². The predicted octanol–water partition coefficient (Wildman–Crippen LogP) is 1.35. The quantitative estimate of drug-likeness (QED) is 0.551. The second kappa shape index (κ2) is 4.31. The largest absolute Gasteiger partial charge is 0.365 e. The lowest BCUT2D eigenvalue weighted by Crippen LogP contribution is -1.38. The molecule has 4 heteroatoms. The molecule has 0 atom stereocenters. The van der Waals surface area contributed by atoms with Crippen LogP contribution < -0.4 is 0 Å². The van der Waals surface area contributed by atoms with Crippen LogP contribution in [0.1, 0.15) is 0 Å². The van der Waals surface area contributed by atoms with Crippen molar-refractivity contribution in [3.05, 3.63) is 37.1 Å². The van der Waals surface area contributed by atoms with E-state index in [4.69, 9.17) is 0 Å². The molecule has 52 valence electrons. The molecule has 0 N–H and O–H groups in total. The normalized spacial score (nSPS) is 8.00. The number of hydrogen-bond acceptors (Lipinski definition) is 4. The summed E-state index contributed by atoms with van der Waals surface area (Å²) in [6.07, 6.45) is 6.19. The van der Waals surface area contributed by atoms with E-state index in [1.807, 2.05) is 0 Å². The standard InChI is InChI=1S/2C3H3NO/c2*1-2-4-5-3-1/h2*1-3H. The molecule has 0 spiro atoms. The van der Waals surface area contributed by atoms with Gasteiger partial charge in [0.05, 0.1) is 12.4 Å². The summed E-state index contributed by atoms with van der Waals surface area (Å²) < 4.78 is 8.67. The van der Waals surface area contributed by atoms with Crippen LogP contribution in [-0.4, -0.2) is 10.3 Å². The van der Waals surface area contributed by atoms with Gasteiger partial charge in [0.15, 0.2) is 0 Å². The van der Waals surface area contributed by atoms with Gasteiger partial charge in [-0.2, -0.15) is 0 Å². The molecular weight excluding hydrogens is 132 g/mol. The smallest absolute Gasteiger partial charge is 0.123 e. The molecular formula is C6H6N2O2. The van der Waals surface area contributed by atoms with Crippen molar-refractivity contribution >= 4 is 0 Å². The Kier molecular flexibility index (Phi) is 2.82. The van der Waals surface area contributed by atoms with Gasteiger partial charge in [-0.05, 0) is 12.1 Å². The maximum atomic E-state index is 4.33. The van der Waals surface area contributed by atoms with Gasteiger partial charge in [0.2, 0.25) is 0 Å². The van der Waals surface area contributed by atoms with Crippen LogP contribution in [0.2, 0.25) is 0 Å². The summed E-state index contributed by atoms with van der Waals surface area (Å²) in [6, 6.07) is 3.44. The zero-order valence-corrected chi connectivity index (χ0v) is 5.18. The summed E-state index contributed by atoms with van der Waals surface area (Å²) in [6.45, 7) is 0. The molecule has 2 rings (SSSR count). The molecule has 0 aliphatic heterocycles. The van der Waals surface area contributed by atoms with Gasteiger partial charge in [0.25, 0.3) is 0 Å². The van der Waals surface area contributed by atoms with E-state index in [1.54, 1.807) is 24.5 Å². The van der Waals surface area contributed by atoms with Gasteiger partial charge in [-0.25, -0.2) is 0 Å². The van der Waals surface area contributed by atoms with Gasteiger partial charge in [-0.1, -0.05) is 10.3 Å². The highest BCUT2D eigenvalue weighted by atomic mass is 16.5. The zero-order chi connectivity index (χ0) is 7.07. The molecule has 0 saturated carbocycles. The number of rotatable bonds is 0. The fraction of sp³-hybridized carbons (Fsp3) is 0. The lowest BCUT2D eigenvalue weighted by Gasteiger charge is -1.48. The molecule has 0 unspecified atom stereocenters. The maximum Gasteiger partial charge on any atom is 0.123 e. The topological polar surface area (TPSA) is 52.1 Å². The van der Waals surface area contributed by atoms with Crippen LogP contribution >= 0.6 is 0 Å². The van der Waals surface area contributed by atoms with Crippen molar-refractivity contribution in [3.63, 3.8) is 0 Å². The fourth-order valence-electron chi connectivity index (χ4n) is 0.351. The van der Waals surface area contributed by atoms with E-state index >= 15 is 0 Å². The van der Waals surface area contributed by atoms with E-state index in [0.717, 1.165) is 0 Å². The molecule has 10 heavy (non-hydrogen) atoms. The molecule has 0 bridgehead atoms. The first kappa shape index (κ1) is 6.54. The minimum atomic E-state index is 1.51. The Labute approximate surface area is 57.4 Å². The lowest BCUT2D eigenvalue weighted by atomic mass is 10.8. The fourth-order valence-corrected chi connectivity index (χ4v) is 0.351. The average molecular weight is 138 g/mol. The second-order valence-electron chi connectivity index (χ2n) is 1.38. The average Bonchev–Trinajstić information content (AvgIpc) is 2.67. The Hall–Kier alpha value is -1.58. The van der Waals surface area contributed by atoms with Crippen LogP contribution in [0.15, 0.2) is 46.1 Å². The molecule has 0 fully saturated rings. The minimum Gasteiger partial charge on any atom is -0.365 e. The van der Waals surface area contributed by atoms with Gasteiger partial charge < -0.3 is 9.05 Å². The summed E-state index contributed by atoms with van der Waals surface area (Å²) in [5.41, 5.74) is 0. The van der Waals surface area contributed by atoms with E-state index < -0.39 is 0 Å². The van der Waals surface area contributed by atoms with Gasteiger partial charge in [0, 0.05) is 0 Å². The third-order valence-electron chi connectivity index (χ3n) is 0.694. The molecule has 2 aromatic rings. The Morgan fingerprint density at radius 1 is 0.800 bits per heavy atom. The molecule has 2 aromatic heterocycles. The summed E-state index contributed by atoms with van der Waals surface area (Å²) in [5.74, 6) is 0. The zero-order valence-electron chi connectivity index (χ0n) is 5.18. The number of hydrogen-bond donors (Lipinski definition) is 0. The van der Waals surface area contributed by atoms with E-state index in [2.05, 4.69) is 19.4 Å². The highest BCUT2D eigenvalue weighted by molar-refractivity contribution is 4.68. The molecule has 0 aliphatic rings. The molecule has 0 aromatic carbocycles. The molecule has 0 radical (unpaired) electrons. The van der Waals surface area contributed by atoms with E-state index in [0.29, 0.717) is 0 Å². The Morgan fingerprint density at radius 3 is 1.40 bits per heavy atom. The minimum absolute atomic E-state index is 1.51. The molecule has 0 aliphatic carbocycles. The van der Waals surface area contributed by atoms with Crippen molar-refractivity contribution in [2.24, 2.45) is 0 Å². The number of nitrogens with zero attached hydrogens (tertiary/aromatic N) is 2. The van der Waals surface area contributed by atoms with E-state index in [1.165, 1.54) is 12.5 Å². The van der Waals surface area contributed by atoms with E-state index in [9.17, 15) is 0 Å². The van der Waals surface area contributed by atoms with Gasteiger partial charge >= 0.3 is 0 Å². The van der Waals surface area contributed by atoms with Crippen LogP contribution in [0, 0.1) is 0 Å². The number of aromatic nitrogens is 2. The third-order valence-corrected chi connectivity index (χ3v) is 0.694. The van der Waals surface area contributed by atoms with Crippen LogP contribution in [0.5, 0.6) is 0 Å².